The van der Waals surface area contributed by atoms with Crippen molar-refractivity contribution in [1.29, 1.82) is 0 Å². The van der Waals surface area contributed by atoms with Crippen molar-refractivity contribution < 1.29 is 55.5 Å². The van der Waals surface area contributed by atoms with Gasteiger partial charge in [0.2, 0.25) is 51.4 Å². The van der Waals surface area contributed by atoms with E-state index in [1.807, 2.05) is 31.7 Å². The van der Waals surface area contributed by atoms with Gasteiger partial charge in [-0.1, -0.05) is 25.1 Å². The molecule has 1 spiro atoms. The summed E-state index contributed by atoms with van der Waals surface area (Å²) in [5.41, 5.74) is 9.68. The van der Waals surface area contributed by atoms with E-state index in [9.17, 15) is 42.0 Å². The molecule has 4 aromatic heterocycles. The monoisotopic (exact) mass is 1440 g/mol. The van der Waals surface area contributed by atoms with Gasteiger partial charge in [0.15, 0.2) is 5.82 Å². The van der Waals surface area contributed by atoms with Crippen LogP contribution in [-0.2, 0) is 61.9 Å². The van der Waals surface area contributed by atoms with Crippen molar-refractivity contribution in [2.45, 2.75) is 109 Å². The normalized spacial score (nSPS) is 18.2. The third-order valence-electron chi connectivity index (χ3n) is 21.7. The van der Waals surface area contributed by atoms with Crippen molar-refractivity contribution in [3.05, 3.63) is 89.3 Å². The summed E-state index contributed by atoms with van der Waals surface area (Å²) in [5, 5.41) is 14.0. The minimum atomic E-state index is -3.77. The molecule has 0 atom stereocenters. The zero-order chi connectivity index (χ0) is 71.7. The van der Waals surface area contributed by atoms with E-state index in [1.165, 1.54) is 48.7 Å². The molecule has 7 aromatic rings. The number of benzene rings is 3. The minimum Gasteiger partial charge on any atom is -0.468 e. The Morgan fingerprint density at radius 2 is 1.41 bits per heavy atom. The number of esters is 1. The number of rotatable bonds is 22. The molecule has 0 radical (unpaired) electrons. The number of carbonyl (C=O) groups is 7. The highest BCUT2D eigenvalue weighted by Gasteiger charge is 2.55. The molecule has 542 valence electrons. The number of aryl methyl sites for hydroxylation is 1. The first kappa shape index (κ1) is 71.4. The second-order valence-electron chi connectivity index (χ2n) is 28.6. The second-order valence-corrected chi connectivity index (χ2v) is 31.4. The van der Waals surface area contributed by atoms with Crippen LogP contribution in [-0.4, -0.2) is 219 Å². The molecule has 13 rings (SSSR count). The van der Waals surface area contributed by atoms with E-state index in [0.717, 1.165) is 79.8 Å². The van der Waals surface area contributed by atoms with Gasteiger partial charge in [-0.15, -0.1) is 11.3 Å². The van der Waals surface area contributed by atoms with Crippen LogP contribution in [0.4, 0.5) is 20.4 Å². The molecule has 4 N–H and O–H groups in total. The zero-order valence-electron chi connectivity index (χ0n) is 58.1. The average Bonchev–Trinajstić information content (AvgIpc) is 1.50. The number of halogens is 2. The first-order valence-corrected chi connectivity index (χ1v) is 37.9. The van der Waals surface area contributed by atoms with Crippen LogP contribution in [0.1, 0.15) is 113 Å². The summed E-state index contributed by atoms with van der Waals surface area (Å²) in [6, 6.07) is 15.0. The molecule has 30 heteroatoms. The maximum Gasteiger partial charge on any atom is 0.325 e. The van der Waals surface area contributed by atoms with E-state index < -0.39 is 39.4 Å². The number of anilines is 2. The fourth-order valence-electron chi connectivity index (χ4n) is 16.0. The SMILES string of the molecule is CCCS(=O)(=O)Nc1cccc(-c2nc(C3CCN(C(=O)C4CCN(C(=O)C5CCN(CC6CCN(C(=O)CCC(=O)N7CC8(CC(c9nn(CC(=O)N(C)CC(=O)NCC(=O)OC)c%10cccc(-c%11cc%12c(cnn%12C)cc%11F)c9%10)C8)C7)CC6)CC5)CC4)CC3)sc2-c2ccnc(N)n2)c1F. The first-order chi connectivity index (χ1) is 49.0. The number of carbonyl (C=O) groups excluding carboxylic acids is 7. The fourth-order valence-corrected chi connectivity index (χ4v) is 18.3. The number of likely N-dealkylation sites (tertiary alicyclic amines) is 5. The predicted octanol–water partition coefficient (Wildman–Crippen LogP) is 7.01. The van der Waals surface area contributed by atoms with Crippen LogP contribution in [0.15, 0.2) is 67.0 Å². The Labute approximate surface area is 594 Å². The van der Waals surface area contributed by atoms with Gasteiger partial charge in [0, 0.05) is 143 Å². The molecule has 9 heterocycles. The molecular weight excluding hydrogens is 1350 g/mol. The summed E-state index contributed by atoms with van der Waals surface area (Å²) in [6.45, 7) is 8.02. The Bertz CT molecular complexity index is 4460. The number of aromatic nitrogens is 7. The van der Waals surface area contributed by atoms with Gasteiger partial charge in [0.1, 0.15) is 18.9 Å². The largest absolute Gasteiger partial charge is 0.468 e. The zero-order valence-corrected chi connectivity index (χ0v) is 59.7. The summed E-state index contributed by atoms with van der Waals surface area (Å²) in [7, 11) is 0.730. The quantitative estimate of drug-likeness (QED) is 0.0575. The molecule has 5 aliphatic heterocycles. The number of hydrogen-bond acceptors (Lipinski definition) is 18. The number of nitrogens with zero attached hydrogens (tertiary/aromatic N) is 13. The van der Waals surface area contributed by atoms with Gasteiger partial charge in [-0.05, 0) is 132 Å². The third kappa shape index (κ3) is 15.4. The molecule has 6 fully saturated rings. The fraction of sp³-hybridized carbons (Fsp3) is 0.528. The van der Waals surface area contributed by atoms with Gasteiger partial charge >= 0.3 is 5.97 Å². The van der Waals surface area contributed by atoms with Crippen LogP contribution >= 0.6 is 11.3 Å². The Balaban J connectivity index is 0.530. The van der Waals surface area contributed by atoms with Crippen molar-refractivity contribution in [1.82, 2.24) is 69.2 Å². The number of nitrogen functional groups attached to an aromatic ring is 1. The van der Waals surface area contributed by atoms with Gasteiger partial charge < -0.3 is 45.2 Å². The third-order valence-corrected chi connectivity index (χ3v) is 24.4. The molecule has 6 aliphatic rings. The number of hydrogen-bond donors (Lipinski definition) is 3. The van der Waals surface area contributed by atoms with Crippen LogP contribution in [0.3, 0.4) is 0 Å². The number of ether oxygens (including phenoxy) is 1. The molecule has 26 nitrogen and oxygen atoms in total. The van der Waals surface area contributed by atoms with E-state index in [1.54, 1.807) is 59.9 Å². The summed E-state index contributed by atoms with van der Waals surface area (Å²) >= 11 is 1.38. The molecule has 1 saturated carbocycles. The highest BCUT2D eigenvalue weighted by Crippen LogP contribution is 2.57. The van der Waals surface area contributed by atoms with Gasteiger partial charge in [-0.3, -0.25) is 47.6 Å². The molecule has 102 heavy (non-hydrogen) atoms. The van der Waals surface area contributed by atoms with E-state index in [4.69, 9.17) is 15.8 Å². The summed E-state index contributed by atoms with van der Waals surface area (Å²) < 4.78 is 67.9. The lowest BCUT2D eigenvalue weighted by molar-refractivity contribution is -0.153. The van der Waals surface area contributed by atoms with Crippen LogP contribution in [0.2, 0.25) is 0 Å². The smallest absolute Gasteiger partial charge is 0.325 e. The number of fused-ring (bicyclic) bond motifs is 2. The van der Waals surface area contributed by atoms with Crippen molar-refractivity contribution >= 4 is 96.2 Å². The van der Waals surface area contributed by atoms with E-state index >= 15 is 8.78 Å². The summed E-state index contributed by atoms with van der Waals surface area (Å²) in [5.74, 6) is -2.50. The van der Waals surface area contributed by atoms with Crippen LogP contribution < -0.4 is 15.8 Å². The lowest BCUT2D eigenvalue weighted by Crippen LogP contribution is -2.63. The van der Waals surface area contributed by atoms with Gasteiger partial charge in [0.05, 0.1) is 69.3 Å². The highest BCUT2D eigenvalue weighted by molar-refractivity contribution is 7.92. The van der Waals surface area contributed by atoms with Crippen molar-refractivity contribution in [3.8, 4) is 33.0 Å². The minimum absolute atomic E-state index is 0.0126. The molecule has 3 aromatic carbocycles. The number of nitrogens with two attached hydrogens (primary N) is 1. The number of sulfonamides is 1. The Kier molecular flexibility index (Phi) is 21.1. The van der Waals surface area contributed by atoms with E-state index in [-0.39, 0.29) is 108 Å². The van der Waals surface area contributed by atoms with Crippen LogP contribution in [0.25, 0.3) is 54.8 Å². The predicted molar refractivity (Wildman–Crippen MR) is 379 cm³/mol. The number of amides is 6. The maximum atomic E-state index is 16.2. The van der Waals surface area contributed by atoms with Crippen molar-refractivity contribution in [2.75, 3.05) is 115 Å². The lowest BCUT2D eigenvalue weighted by Gasteiger charge is -2.59. The first-order valence-electron chi connectivity index (χ1n) is 35.5. The van der Waals surface area contributed by atoms with E-state index in [0.29, 0.717) is 129 Å². The number of piperidine rings is 4. The lowest BCUT2D eigenvalue weighted by atomic mass is 9.56. The summed E-state index contributed by atoms with van der Waals surface area (Å²) in [6.07, 6.45) is 11.1. The van der Waals surface area contributed by atoms with Crippen molar-refractivity contribution in [2.24, 2.45) is 30.2 Å². The Morgan fingerprint density at radius 3 is 2.09 bits per heavy atom. The Hall–Kier alpha value is -9.03. The van der Waals surface area contributed by atoms with Gasteiger partial charge in [0.25, 0.3) is 0 Å². The topological polar surface area (TPSA) is 307 Å². The average molecular weight is 1440 g/mol. The van der Waals surface area contributed by atoms with E-state index in [2.05, 4.69) is 34.7 Å². The maximum absolute atomic E-state index is 16.2. The Morgan fingerprint density at radius 1 is 0.765 bits per heavy atom. The number of likely N-dealkylation sites (N-methyl/N-ethyl adjacent to an activating group) is 1. The second kappa shape index (κ2) is 30.1. The van der Waals surface area contributed by atoms with Crippen molar-refractivity contribution in [3.63, 3.8) is 0 Å². The standard InChI is InChI=1S/C72H88F2N16O10S2/c1-5-32-102(98,99)82-54-10-6-9-51(64(54)74)66-67(55-14-23-76-71(75)79-55)101-68(80-66)45-19-28-87(29-20-45)70(97)47-21-30-88(31-22-47)69(96)46-17-24-85(25-18-46)39-44-15-26-86(27-16-44)59(92)12-13-60(93)89-42-72(43-89)35-49(36-72)65-63-50(52-34-57-48(33-53(52)73)37-78-84(57)3)8-7-11-56(63)90(81-65)41-61(94)83(2)40-58(91)77-38-62(95)100-4/h6-11,14,23,33-34,37,44-47,49,82H,5,12-13,15-22,24-32,35-36,38-43H2,1-4H3,(H,77,91)(H2,75,76,79). The van der Waals surface area contributed by atoms with Gasteiger partial charge in [-0.25, -0.2) is 32.2 Å². The summed E-state index contributed by atoms with van der Waals surface area (Å²) in [4.78, 5) is 118. The molecule has 6 amide bonds. The molecule has 0 unspecified atom stereocenters. The van der Waals surface area contributed by atoms with Crippen LogP contribution in [0, 0.1) is 34.8 Å². The number of nitrogens with one attached hydrogen (secondary N) is 2. The van der Waals surface area contributed by atoms with Crippen LogP contribution in [0.5, 0.6) is 0 Å². The molecule has 5 saturated heterocycles. The number of thiazole rings is 1. The molecular formula is C72H88F2N16O10S2. The molecule has 0 bridgehead atoms. The molecule has 1 aliphatic carbocycles. The highest BCUT2D eigenvalue weighted by atomic mass is 32.2. The van der Waals surface area contributed by atoms with Gasteiger partial charge in [-0.2, -0.15) is 10.2 Å². The number of methoxy groups -OCH3 is 1.